The fraction of sp³-hybridized carbons (Fsp3) is 0. The van der Waals surface area contributed by atoms with E-state index in [0.717, 1.165) is 0 Å². The molecule has 0 saturated heterocycles. The first kappa shape index (κ1) is 15.7. The molecule has 0 aromatic rings. The van der Waals surface area contributed by atoms with E-state index >= 15 is 0 Å². The molecule has 0 aliphatic rings. The van der Waals surface area contributed by atoms with Gasteiger partial charge in [0, 0.05) is 0 Å². The van der Waals surface area contributed by atoms with Gasteiger partial charge in [0.05, 0.1) is 0 Å². The Kier molecular flexibility index (Phi) is 26.3. The third-order valence-electron chi connectivity index (χ3n) is 0. The van der Waals surface area contributed by atoms with Crippen molar-refractivity contribution in [2.24, 2.45) is 0 Å². The second-order valence-electron chi connectivity index (χ2n) is 0.289. The minimum Gasteiger partial charge on any atom is -0.907 e. The van der Waals surface area contributed by atoms with Gasteiger partial charge in [-0.05, 0) is 0 Å². The maximum absolute atomic E-state index is 8.42. The van der Waals surface area contributed by atoms with Crippen molar-refractivity contribution in [2.75, 3.05) is 0 Å². The average Bonchev–Trinajstić information content (AvgIpc) is 0.811. The van der Waals surface area contributed by atoms with Crippen LogP contribution >= 0.6 is 0 Å². The molecule has 0 fully saturated rings. The second kappa shape index (κ2) is 10.1. The molecule has 0 aliphatic heterocycles. The topological polar surface area (TPSA) is 69.2 Å². The molecule has 0 heterocycles. The Balaban J connectivity index is -0.0000000450. The monoisotopic (exact) mass is 123 g/mol. The predicted octanol–water partition coefficient (Wildman–Crippen LogP) is -4.71. The van der Waals surface area contributed by atoms with Gasteiger partial charge in [0.2, 0.25) is 0 Å². The maximum atomic E-state index is 8.42. The normalized spacial score (nSPS) is 4.50. The van der Waals surface area contributed by atoms with Crippen molar-refractivity contribution in [1.29, 1.82) is 0 Å². The van der Waals surface area contributed by atoms with Crippen molar-refractivity contribution in [2.45, 2.75) is 0 Å². The van der Waals surface area contributed by atoms with Crippen molar-refractivity contribution >= 4 is 68.1 Å². The van der Waals surface area contributed by atoms with E-state index in [2.05, 4.69) is 0 Å². The van der Waals surface area contributed by atoms with Crippen LogP contribution in [-0.2, 0) is 0 Å². The second-order valence-corrected chi connectivity index (χ2v) is 0.289. The zero-order valence-electron chi connectivity index (χ0n) is 3.22. The molecule has 0 amide bonds. The molecule has 0 bridgehead atoms. The Morgan fingerprint density at radius 3 is 1.00 bits per heavy atom. The largest absolute Gasteiger partial charge is 2.00 e. The van der Waals surface area contributed by atoms with Crippen molar-refractivity contribution < 1.29 is 15.1 Å². The van der Waals surface area contributed by atoms with Crippen LogP contribution in [0.2, 0.25) is 0 Å². The van der Waals surface area contributed by atoms with E-state index in [-0.39, 0.29) is 60.8 Å². The van der Waals surface area contributed by atoms with Crippen molar-refractivity contribution in [3.63, 3.8) is 0 Å². The average molecular weight is 123 g/mol. The summed E-state index contributed by atoms with van der Waals surface area (Å²) in [6, 6.07) is 0. The minimum absolute atomic E-state index is 0. The smallest absolute Gasteiger partial charge is 0.907 e. The molecule has 0 N–H and O–H groups in total. The Morgan fingerprint density at radius 2 is 1.00 bits per heavy atom. The molecule has 0 spiro atoms. The van der Waals surface area contributed by atoms with Gasteiger partial charge in [0.15, 0.2) is 0 Å². The molecule has 0 rings (SSSR count). The Labute approximate surface area is 82.1 Å². The van der Waals surface area contributed by atoms with Crippen LogP contribution in [0.25, 0.3) is 0 Å². The molecule has 3 nitrogen and oxygen atoms in total. The van der Waals surface area contributed by atoms with E-state index in [1.807, 2.05) is 0 Å². The van der Waals surface area contributed by atoms with Gasteiger partial charge in [-0.2, -0.15) is 0 Å². The van der Waals surface area contributed by atoms with Crippen molar-refractivity contribution in [1.82, 2.24) is 0 Å². The molecule has 0 atom stereocenters. The van der Waals surface area contributed by atoms with Gasteiger partial charge in [0.1, 0.15) is 0 Å². The van der Waals surface area contributed by atoms with Crippen molar-refractivity contribution in [3.05, 3.63) is 0 Å². The van der Waals surface area contributed by atoms with Crippen LogP contribution in [0.15, 0.2) is 0 Å². The summed E-state index contributed by atoms with van der Waals surface area (Å²) in [5.74, 6) is 0. The van der Waals surface area contributed by atoms with Gasteiger partial charge in [0.25, 0.3) is 0 Å². The van der Waals surface area contributed by atoms with Crippen molar-refractivity contribution in [3.8, 4) is 0 Å². The fourth-order valence-electron chi connectivity index (χ4n) is 0. The van der Waals surface area contributed by atoms with Crippen LogP contribution in [0, 0.1) is 0 Å². The van der Waals surface area contributed by atoms with Gasteiger partial charge in [-0.25, -0.2) is 0 Å². The van der Waals surface area contributed by atoms with E-state index in [0.29, 0.717) is 0 Å². The zero-order valence-corrected chi connectivity index (χ0v) is 6.84. The first-order valence-electron chi connectivity index (χ1n) is 0.707. The molecule has 0 aromatic heterocycles. The first-order chi connectivity index (χ1) is 1.73. The number of hydrogen-bond donors (Lipinski definition) is 0. The van der Waals surface area contributed by atoms with Crippen LogP contribution in [-0.4, -0.2) is 68.1 Å². The SMILES string of the molecule is [Ca+2].[Mg+2].[O-]B([O-])[O-]. The summed E-state index contributed by atoms with van der Waals surface area (Å²) in [7, 11) is -2.92. The Hall–Kier alpha value is 1.97. The van der Waals surface area contributed by atoms with Crippen LogP contribution in [0.4, 0.5) is 0 Å². The molecule has 0 radical (unpaired) electrons. The van der Waals surface area contributed by atoms with E-state index in [9.17, 15) is 0 Å². The predicted molar refractivity (Wildman–Crippen MR) is 17.3 cm³/mol. The van der Waals surface area contributed by atoms with Crippen LogP contribution in [0.3, 0.4) is 0 Å². The molecular formula is BCaMgO3+. The van der Waals surface area contributed by atoms with Gasteiger partial charge in [-0.15, -0.1) is 0 Å². The van der Waals surface area contributed by atoms with Gasteiger partial charge in [-0.1, -0.05) is 0 Å². The third-order valence-corrected chi connectivity index (χ3v) is 0. The Morgan fingerprint density at radius 1 is 1.00 bits per heavy atom. The number of hydrogen-bond acceptors (Lipinski definition) is 3. The number of rotatable bonds is 0. The summed E-state index contributed by atoms with van der Waals surface area (Å²) in [6.07, 6.45) is 0. The summed E-state index contributed by atoms with van der Waals surface area (Å²) >= 11 is 0. The molecule has 6 heteroatoms. The molecule has 6 heavy (non-hydrogen) atoms. The van der Waals surface area contributed by atoms with Gasteiger partial charge < -0.3 is 15.1 Å². The quantitative estimate of drug-likeness (QED) is 0.304. The van der Waals surface area contributed by atoms with Gasteiger partial charge >= 0.3 is 60.8 Å². The maximum Gasteiger partial charge on any atom is 2.00 e. The summed E-state index contributed by atoms with van der Waals surface area (Å²) in [5, 5.41) is 25.2. The summed E-state index contributed by atoms with van der Waals surface area (Å²) < 4.78 is 0. The molecule has 0 aliphatic carbocycles. The summed E-state index contributed by atoms with van der Waals surface area (Å²) in [5.41, 5.74) is 0. The minimum atomic E-state index is -2.92. The summed E-state index contributed by atoms with van der Waals surface area (Å²) in [6.45, 7) is 0. The summed E-state index contributed by atoms with van der Waals surface area (Å²) in [4.78, 5) is 0. The Bertz CT molecular complexity index is 15.5. The molecule has 0 unspecified atom stereocenters. The standard InChI is InChI=1S/BO3.Ca.Mg/c2-1(3)4;;/q-3;2*+2. The van der Waals surface area contributed by atoms with Crippen LogP contribution in [0.5, 0.6) is 0 Å². The first-order valence-corrected chi connectivity index (χ1v) is 0.707. The van der Waals surface area contributed by atoms with Gasteiger partial charge in [-0.3, -0.25) is 7.32 Å². The van der Waals surface area contributed by atoms with E-state index < -0.39 is 7.32 Å². The molecule has 0 saturated carbocycles. The van der Waals surface area contributed by atoms with E-state index in [1.165, 1.54) is 0 Å². The fourth-order valence-corrected chi connectivity index (χ4v) is 0. The van der Waals surface area contributed by atoms with Crippen LogP contribution in [0.1, 0.15) is 0 Å². The third kappa shape index (κ3) is 38.0. The molecule has 0 aromatic carbocycles. The van der Waals surface area contributed by atoms with E-state index in [4.69, 9.17) is 15.1 Å². The molecule has 24 valence electrons. The van der Waals surface area contributed by atoms with E-state index in [1.54, 1.807) is 0 Å². The zero-order chi connectivity index (χ0) is 3.58. The molecular weight excluding hydrogens is 123 g/mol. The van der Waals surface area contributed by atoms with Crippen LogP contribution < -0.4 is 15.1 Å².